The molecule has 0 atom stereocenters. The first kappa shape index (κ1) is 10.6. The number of hydrogen-bond acceptors (Lipinski definition) is 1. The maximum atomic E-state index is 13.3. The highest BCUT2D eigenvalue weighted by molar-refractivity contribution is 5.30. The number of halogens is 1. The third kappa shape index (κ3) is 2.20. The zero-order valence-electron chi connectivity index (χ0n) is 9.22. The second kappa shape index (κ2) is 3.93. The molecule has 0 radical (unpaired) electrons. The molecule has 1 aromatic rings. The van der Waals surface area contributed by atoms with Gasteiger partial charge in [-0.2, -0.15) is 0 Å². The van der Waals surface area contributed by atoms with Crippen molar-refractivity contribution in [1.29, 1.82) is 0 Å². The van der Waals surface area contributed by atoms with E-state index in [1.54, 1.807) is 12.1 Å². The fourth-order valence-corrected chi connectivity index (χ4v) is 2.50. The zero-order valence-corrected chi connectivity index (χ0v) is 9.22. The highest BCUT2D eigenvalue weighted by Gasteiger charge is 2.29. The standard InChI is InChI=1S/C13H18FN/c1-10-7-11(9-12(14)8-10)13(15)5-3-2-4-6-13/h7-9H,2-6,15H2,1H3. The van der Waals surface area contributed by atoms with Crippen LogP contribution in [0.25, 0.3) is 0 Å². The average molecular weight is 207 g/mol. The van der Waals surface area contributed by atoms with E-state index in [0.29, 0.717) is 0 Å². The molecule has 2 rings (SSSR count). The van der Waals surface area contributed by atoms with Gasteiger partial charge in [0.25, 0.3) is 0 Å². The van der Waals surface area contributed by atoms with E-state index in [4.69, 9.17) is 5.73 Å². The molecule has 0 spiro atoms. The first-order valence-electron chi connectivity index (χ1n) is 5.67. The molecule has 2 heteroatoms. The second-order valence-corrected chi connectivity index (χ2v) is 4.73. The van der Waals surface area contributed by atoms with Crippen LogP contribution < -0.4 is 5.73 Å². The Morgan fingerprint density at radius 2 is 1.80 bits per heavy atom. The maximum Gasteiger partial charge on any atom is 0.123 e. The maximum absolute atomic E-state index is 13.3. The van der Waals surface area contributed by atoms with Gasteiger partial charge in [-0.15, -0.1) is 0 Å². The van der Waals surface area contributed by atoms with Crippen LogP contribution in [0.3, 0.4) is 0 Å². The summed E-state index contributed by atoms with van der Waals surface area (Å²) in [6, 6.07) is 5.17. The molecule has 0 bridgehead atoms. The molecule has 1 aliphatic carbocycles. The third-order valence-electron chi connectivity index (χ3n) is 3.36. The van der Waals surface area contributed by atoms with Gasteiger partial charge in [-0.05, 0) is 43.0 Å². The van der Waals surface area contributed by atoms with Gasteiger partial charge in [0.1, 0.15) is 5.82 Å². The van der Waals surface area contributed by atoms with Crippen molar-refractivity contribution in [3.63, 3.8) is 0 Å². The van der Waals surface area contributed by atoms with Gasteiger partial charge in [0.05, 0.1) is 0 Å². The van der Waals surface area contributed by atoms with E-state index in [-0.39, 0.29) is 11.4 Å². The molecule has 0 heterocycles. The number of nitrogens with two attached hydrogens (primary N) is 1. The number of hydrogen-bond donors (Lipinski definition) is 1. The Morgan fingerprint density at radius 3 is 2.40 bits per heavy atom. The topological polar surface area (TPSA) is 26.0 Å². The van der Waals surface area contributed by atoms with Gasteiger partial charge >= 0.3 is 0 Å². The zero-order chi connectivity index (χ0) is 10.9. The Balaban J connectivity index is 2.34. The summed E-state index contributed by atoms with van der Waals surface area (Å²) in [7, 11) is 0. The lowest BCUT2D eigenvalue weighted by atomic mass is 9.77. The van der Waals surface area contributed by atoms with E-state index in [1.807, 2.05) is 13.0 Å². The molecule has 2 N–H and O–H groups in total. The molecule has 15 heavy (non-hydrogen) atoms. The summed E-state index contributed by atoms with van der Waals surface area (Å²) in [6.07, 6.45) is 5.54. The molecular weight excluding hydrogens is 189 g/mol. The Morgan fingerprint density at radius 1 is 1.13 bits per heavy atom. The molecule has 0 aliphatic heterocycles. The van der Waals surface area contributed by atoms with Gasteiger partial charge in [0.15, 0.2) is 0 Å². The lowest BCUT2D eigenvalue weighted by Crippen LogP contribution is -2.38. The van der Waals surface area contributed by atoms with Crippen LogP contribution in [0.1, 0.15) is 43.2 Å². The minimum atomic E-state index is -0.287. The molecule has 1 aliphatic rings. The highest BCUT2D eigenvalue weighted by Crippen LogP contribution is 2.35. The Kier molecular flexibility index (Phi) is 2.79. The number of aryl methyl sites for hydroxylation is 1. The molecule has 0 unspecified atom stereocenters. The van der Waals surface area contributed by atoms with E-state index in [0.717, 1.165) is 36.8 Å². The lowest BCUT2D eigenvalue weighted by molar-refractivity contribution is 0.301. The minimum Gasteiger partial charge on any atom is -0.321 e. The lowest BCUT2D eigenvalue weighted by Gasteiger charge is -2.34. The molecular formula is C13H18FN. The van der Waals surface area contributed by atoms with Gasteiger partial charge in [-0.25, -0.2) is 4.39 Å². The predicted molar refractivity (Wildman–Crippen MR) is 60.1 cm³/mol. The van der Waals surface area contributed by atoms with E-state index < -0.39 is 0 Å². The van der Waals surface area contributed by atoms with Crippen LogP contribution in [0.4, 0.5) is 4.39 Å². The van der Waals surface area contributed by atoms with Crippen LogP contribution in [0.2, 0.25) is 0 Å². The van der Waals surface area contributed by atoms with E-state index in [2.05, 4.69) is 0 Å². The monoisotopic (exact) mass is 207 g/mol. The summed E-state index contributed by atoms with van der Waals surface area (Å²) in [5.74, 6) is -0.166. The normalized spacial score (nSPS) is 20.2. The first-order chi connectivity index (χ1) is 7.10. The van der Waals surface area contributed by atoms with E-state index in [9.17, 15) is 4.39 Å². The summed E-state index contributed by atoms with van der Waals surface area (Å²) in [5, 5.41) is 0. The Hall–Kier alpha value is -0.890. The van der Waals surface area contributed by atoms with Crippen LogP contribution in [0.5, 0.6) is 0 Å². The summed E-state index contributed by atoms with van der Waals surface area (Å²) in [5.41, 5.74) is 8.00. The molecule has 1 fully saturated rings. The van der Waals surface area contributed by atoms with Crippen molar-refractivity contribution < 1.29 is 4.39 Å². The largest absolute Gasteiger partial charge is 0.321 e. The van der Waals surface area contributed by atoms with Crippen LogP contribution in [0.15, 0.2) is 18.2 Å². The fraction of sp³-hybridized carbons (Fsp3) is 0.538. The number of rotatable bonds is 1. The first-order valence-corrected chi connectivity index (χ1v) is 5.67. The highest BCUT2D eigenvalue weighted by atomic mass is 19.1. The van der Waals surface area contributed by atoms with Crippen molar-refractivity contribution in [2.45, 2.75) is 44.6 Å². The molecule has 0 saturated heterocycles. The van der Waals surface area contributed by atoms with Gasteiger partial charge < -0.3 is 5.73 Å². The SMILES string of the molecule is Cc1cc(F)cc(C2(N)CCCCC2)c1. The van der Waals surface area contributed by atoms with E-state index >= 15 is 0 Å². The van der Waals surface area contributed by atoms with Crippen molar-refractivity contribution >= 4 is 0 Å². The molecule has 1 saturated carbocycles. The Labute approximate surface area is 90.5 Å². The third-order valence-corrected chi connectivity index (χ3v) is 3.36. The molecule has 82 valence electrons. The Bertz CT molecular complexity index is 333. The molecule has 1 aromatic carbocycles. The van der Waals surface area contributed by atoms with E-state index in [1.165, 1.54) is 6.42 Å². The molecule has 1 nitrogen and oxygen atoms in total. The van der Waals surface area contributed by atoms with Crippen LogP contribution >= 0.6 is 0 Å². The van der Waals surface area contributed by atoms with Gasteiger partial charge in [0, 0.05) is 5.54 Å². The molecule has 0 amide bonds. The quantitative estimate of drug-likeness (QED) is 0.751. The summed E-state index contributed by atoms with van der Waals surface area (Å²) < 4.78 is 13.3. The van der Waals surface area contributed by atoms with Crippen molar-refractivity contribution in [3.8, 4) is 0 Å². The summed E-state index contributed by atoms with van der Waals surface area (Å²) in [6.45, 7) is 1.92. The van der Waals surface area contributed by atoms with Crippen LogP contribution in [-0.4, -0.2) is 0 Å². The van der Waals surface area contributed by atoms with Gasteiger partial charge in [-0.1, -0.05) is 25.3 Å². The van der Waals surface area contributed by atoms with Gasteiger partial charge in [0.2, 0.25) is 0 Å². The fourth-order valence-electron chi connectivity index (χ4n) is 2.50. The summed E-state index contributed by atoms with van der Waals surface area (Å²) in [4.78, 5) is 0. The predicted octanol–water partition coefficient (Wildman–Crippen LogP) is 3.25. The second-order valence-electron chi connectivity index (χ2n) is 4.73. The van der Waals surface area contributed by atoms with Crippen molar-refractivity contribution in [2.75, 3.05) is 0 Å². The van der Waals surface area contributed by atoms with Crippen molar-refractivity contribution in [2.24, 2.45) is 5.73 Å². The summed E-state index contributed by atoms with van der Waals surface area (Å²) >= 11 is 0. The van der Waals surface area contributed by atoms with Crippen molar-refractivity contribution in [1.82, 2.24) is 0 Å². The van der Waals surface area contributed by atoms with Crippen molar-refractivity contribution in [3.05, 3.63) is 35.1 Å². The molecule has 0 aromatic heterocycles. The van der Waals surface area contributed by atoms with Crippen LogP contribution in [0, 0.1) is 12.7 Å². The average Bonchev–Trinajstić information content (AvgIpc) is 2.17. The van der Waals surface area contributed by atoms with Crippen LogP contribution in [-0.2, 0) is 5.54 Å². The van der Waals surface area contributed by atoms with Gasteiger partial charge in [-0.3, -0.25) is 0 Å². The minimum absolute atomic E-state index is 0.166. The smallest absolute Gasteiger partial charge is 0.123 e. The number of benzene rings is 1.